The van der Waals surface area contributed by atoms with Crippen molar-refractivity contribution in [3.8, 4) is 22.8 Å². The summed E-state index contributed by atoms with van der Waals surface area (Å²) in [6.45, 7) is 0. The molecule has 0 aliphatic heterocycles. The fourth-order valence-electron chi connectivity index (χ4n) is 3.46. The molecular formula is C22H14ClN3O4. The third-order valence-electron chi connectivity index (χ3n) is 4.90. The van der Waals surface area contributed by atoms with E-state index in [1.54, 1.807) is 37.6 Å². The van der Waals surface area contributed by atoms with E-state index >= 15 is 0 Å². The second kappa shape index (κ2) is 6.89. The minimum atomic E-state index is -0.588. The van der Waals surface area contributed by atoms with Crippen LogP contribution in [0.2, 0.25) is 5.02 Å². The van der Waals surface area contributed by atoms with Gasteiger partial charge in [0.2, 0.25) is 5.58 Å². The van der Waals surface area contributed by atoms with Crippen LogP contribution in [0.3, 0.4) is 0 Å². The first-order chi connectivity index (χ1) is 14.6. The van der Waals surface area contributed by atoms with E-state index in [9.17, 15) is 9.59 Å². The van der Waals surface area contributed by atoms with Gasteiger partial charge in [-0.15, -0.1) is 0 Å². The highest BCUT2D eigenvalue weighted by Gasteiger charge is 2.18. The monoisotopic (exact) mass is 419 g/mol. The van der Waals surface area contributed by atoms with Gasteiger partial charge in [0.25, 0.3) is 0 Å². The van der Waals surface area contributed by atoms with Crippen LogP contribution < -0.4 is 16.0 Å². The number of H-pyrrole nitrogens is 1. The van der Waals surface area contributed by atoms with Crippen LogP contribution in [0.1, 0.15) is 0 Å². The van der Waals surface area contributed by atoms with Crippen LogP contribution in [-0.4, -0.2) is 21.6 Å². The second-order valence-electron chi connectivity index (χ2n) is 6.65. The van der Waals surface area contributed by atoms with Gasteiger partial charge in [0.15, 0.2) is 0 Å². The number of furan rings is 1. The first kappa shape index (κ1) is 18.2. The van der Waals surface area contributed by atoms with E-state index in [0.29, 0.717) is 27.8 Å². The number of hydrogen-bond donors (Lipinski definition) is 1. The van der Waals surface area contributed by atoms with Gasteiger partial charge in [-0.2, -0.15) is 0 Å². The highest BCUT2D eigenvalue weighted by Crippen LogP contribution is 2.33. The van der Waals surface area contributed by atoms with Crippen molar-refractivity contribution in [1.82, 2.24) is 14.5 Å². The molecule has 30 heavy (non-hydrogen) atoms. The minimum Gasteiger partial charge on any atom is -0.497 e. The number of nitrogens with zero attached hydrogens (tertiary/aromatic N) is 2. The summed E-state index contributed by atoms with van der Waals surface area (Å²) in [4.78, 5) is 32.9. The maximum atomic E-state index is 13.2. The zero-order chi connectivity index (χ0) is 20.8. The number of halogens is 1. The summed E-state index contributed by atoms with van der Waals surface area (Å²) >= 11 is 6.30. The van der Waals surface area contributed by atoms with Gasteiger partial charge in [-0.1, -0.05) is 35.9 Å². The lowest BCUT2D eigenvalue weighted by Gasteiger charge is -2.07. The molecule has 7 nitrogen and oxygen atoms in total. The largest absolute Gasteiger partial charge is 0.497 e. The molecule has 0 amide bonds. The smallest absolute Gasteiger partial charge is 0.333 e. The molecule has 0 radical (unpaired) electrons. The van der Waals surface area contributed by atoms with Crippen LogP contribution in [0.25, 0.3) is 38.9 Å². The van der Waals surface area contributed by atoms with E-state index < -0.39 is 11.2 Å². The van der Waals surface area contributed by atoms with Gasteiger partial charge >= 0.3 is 11.2 Å². The number of nitrogens with one attached hydrogen (secondary N) is 1. The lowest BCUT2D eigenvalue weighted by molar-refractivity contribution is 0.415. The Bertz CT molecular complexity index is 1540. The number of fused-ring (bicyclic) bond motifs is 2. The van der Waals surface area contributed by atoms with Gasteiger partial charge in [-0.05, 0) is 18.2 Å². The molecule has 0 saturated heterocycles. The first-order valence-electron chi connectivity index (χ1n) is 9.03. The van der Waals surface area contributed by atoms with Gasteiger partial charge in [-0.25, -0.2) is 9.36 Å². The molecule has 0 unspecified atom stereocenters. The van der Waals surface area contributed by atoms with Gasteiger partial charge in [0.05, 0.1) is 29.5 Å². The average Bonchev–Trinajstić information content (AvgIpc) is 3.18. The molecule has 2 aromatic carbocycles. The Morgan fingerprint density at radius 2 is 1.93 bits per heavy atom. The Balaban J connectivity index is 1.78. The lowest BCUT2D eigenvalue weighted by atomic mass is 10.1. The Morgan fingerprint density at radius 3 is 2.77 bits per heavy atom. The number of ether oxygens (including phenoxy) is 1. The highest BCUT2D eigenvalue weighted by atomic mass is 35.5. The van der Waals surface area contributed by atoms with E-state index in [2.05, 4.69) is 9.97 Å². The average molecular weight is 420 g/mol. The zero-order valence-corrected chi connectivity index (χ0v) is 16.4. The molecule has 0 spiro atoms. The molecule has 0 saturated carbocycles. The second-order valence-corrected chi connectivity index (χ2v) is 7.06. The number of pyridine rings is 1. The van der Waals surface area contributed by atoms with E-state index in [-0.39, 0.29) is 11.1 Å². The fourth-order valence-corrected chi connectivity index (χ4v) is 3.67. The van der Waals surface area contributed by atoms with Crippen LogP contribution in [0.5, 0.6) is 5.75 Å². The van der Waals surface area contributed by atoms with Crippen molar-refractivity contribution in [3.63, 3.8) is 0 Å². The van der Waals surface area contributed by atoms with Gasteiger partial charge in [-0.3, -0.25) is 9.78 Å². The Kier molecular flexibility index (Phi) is 4.18. The third kappa shape index (κ3) is 2.79. The van der Waals surface area contributed by atoms with Crippen LogP contribution in [0.15, 0.2) is 74.9 Å². The van der Waals surface area contributed by atoms with Crippen molar-refractivity contribution < 1.29 is 9.15 Å². The number of aromatic nitrogens is 3. The molecular weight excluding hydrogens is 406 g/mol. The van der Waals surface area contributed by atoms with Gasteiger partial charge < -0.3 is 14.1 Å². The van der Waals surface area contributed by atoms with Crippen LogP contribution in [0, 0.1) is 0 Å². The maximum absolute atomic E-state index is 13.2. The van der Waals surface area contributed by atoms with Crippen molar-refractivity contribution in [2.75, 3.05) is 7.11 Å². The normalized spacial score (nSPS) is 11.3. The molecule has 5 aromatic rings. The molecule has 5 rings (SSSR count). The zero-order valence-electron chi connectivity index (χ0n) is 15.7. The van der Waals surface area contributed by atoms with Crippen molar-refractivity contribution in [1.29, 1.82) is 0 Å². The maximum Gasteiger partial charge on any atom is 0.333 e. The van der Waals surface area contributed by atoms with Crippen LogP contribution >= 0.6 is 11.6 Å². The summed E-state index contributed by atoms with van der Waals surface area (Å²) in [5.41, 5.74) is 0.0381. The van der Waals surface area contributed by atoms with E-state index in [4.69, 9.17) is 20.8 Å². The predicted octanol–water partition coefficient (Wildman–Crippen LogP) is 4.15. The molecule has 0 atom stereocenters. The number of aromatic amines is 1. The number of benzene rings is 2. The fraction of sp³-hybridized carbons (Fsp3) is 0.0455. The first-order valence-corrected chi connectivity index (χ1v) is 9.40. The Morgan fingerprint density at radius 1 is 1.10 bits per heavy atom. The summed E-state index contributed by atoms with van der Waals surface area (Å²) < 4.78 is 12.1. The highest BCUT2D eigenvalue weighted by molar-refractivity contribution is 6.33. The van der Waals surface area contributed by atoms with Crippen molar-refractivity contribution >= 4 is 33.5 Å². The molecule has 3 heterocycles. The summed E-state index contributed by atoms with van der Waals surface area (Å²) in [5.74, 6) is 0.929. The van der Waals surface area contributed by atoms with E-state index in [1.165, 1.54) is 6.20 Å². The molecule has 3 aromatic heterocycles. The Labute approximate surface area is 174 Å². The minimum absolute atomic E-state index is 0.0106. The molecule has 1 N–H and O–H groups in total. The summed E-state index contributed by atoms with van der Waals surface area (Å²) in [5, 5.41) is 1.96. The number of methoxy groups -OCH3 is 1. The van der Waals surface area contributed by atoms with Crippen molar-refractivity contribution in [2.45, 2.75) is 0 Å². The van der Waals surface area contributed by atoms with Crippen molar-refractivity contribution in [2.24, 2.45) is 0 Å². The third-order valence-corrected chi connectivity index (χ3v) is 5.23. The van der Waals surface area contributed by atoms with Gasteiger partial charge in [0, 0.05) is 28.6 Å². The van der Waals surface area contributed by atoms with Crippen molar-refractivity contribution in [3.05, 3.63) is 86.8 Å². The van der Waals surface area contributed by atoms with E-state index in [0.717, 1.165) is 15.3 Å². The number of rotatable bonds is 3. The molecule has 0 aliphatic carbocycles. The lowest BCUT2D eigenvalue weighted by Crippen LogP contribution is -2.33. The van der Waals surface area contributed by atoms with E-state index in [1.807, 2.05) is 24.3 Å². The summed E-state index contributed by atoms with van der Waals surface area (Å²) in [7, 11) is 1.54. The molecule has 148 valence electrons. The standard InChI is InChI=1S/C22H14ClN3O4/c1-29-13-6-7-16(23)15(8-13)19-9-17-20(30-19)21(27)26(22(28)25-17)18-11-24-10-12-4-2-3-5-14(12)18/h2-11H,1H3,(H,25,28). The Hall–Kier alpha value is -3.84. The molecule has 0 bridgehead atoms. The predicted molar refractivity (Wildman–Crippen MR) is 115 cm³/mol. The molecule has 0 aliphatic rings. The van der Waals surface area contributed by atoms with Gasteiger partial charge in [0.1, 0.15) is 11.5 Å². The summed E-state index contributed by atoms with van der Waals surface area (Å²) in [6, 6.07) is 14.0. The van der Waals surface area contributed by atoms with Crippen LogP contribution in [0.4, 0.5) is 0 Å². The SMILES string of the molecule is COc1ccc(Cl)c(-c2cc3[nH]c(=O)n(-c4cncc5ccccc45)c(=O)c3o2)c1. The quantitative estimate of drug-likeness (QED) is 0.474. The summed E-state index contributed by atoms with van der Waals surface area (Å²) in [6.07, 6.45) is 3.15. The number of hydrogen-bond acceptors (Lipinski definition) is 5. The molecule has 0 fully saturated rings. The molecule has 8 heteroatoms. The van der Waals surface area contributed by atoms with Crippen LogP contribution in [-0.2, 0) is 0 Å². The topological polar surface area (TPSA) is 90.1 Å².